The van der Waals surface area contributed by atoms with Crippen LogP contribution >= 0.6 is 0 Å². The number of nitrogens with zero attached hydrogens (tertiary/aromatic N) is 2. The quantitative estimate of drug-likeness (QED) is 0.787. The molecule has 0 atom stereocenters. The second-order valence-corrected chi connectivity index (χ2v) is 4.48. The lowest BCUT2D eigenvalue weighted by atomic mass is 10.2. The van der Waals surface area contributed by atoms with Crippen molar-refractivity contribution >= 4 is 5.97 Å². The van der Waals surface area contributed by atoms with E-state index in [2.05, 4.69) is 20.9 Å². The average molecular weight is 237 g/mol. The molecule has 1 aromatic heterocycles. The number of aromatic amines is 1. The summed E-state index contributed by atoms with van der Waals surface area (Å²) in [6, 6.07) is 2.09. The number of piperazine rings is 1. The van der Waals surface area contributed by atoms with E-state index in [-0.39, 0.29) is 6.42 Å². The molecule has 0 spiro atoms. The third-order valence-corrected chi connectivity index (χ3v) is 3.18. The number of aromatic nitrogens is 1. The largest absolute Gasteiger partial charge is 0.481 e. The summed E-state index contributed by atoms with van der Waals surface area (Å²) in [5, 5.41) is 8.63. The Morgan fingerprint density at radius 2 is 2.00 bits per heavy atom. The zero-order valence-corrected chi connectivity index (χ0v) is 9.93. The second-order valence-electron chi connectivity index (χ2n) is 4.48. The van der Waals surface area contributed by atoms with Crippen molar-refractivity contribution < 1.29 is 9.90 Å². The Hall–Kier alpha value is -1.33. The predicted molar refractivity (Wildman–Crippen MR) is 64.8 cm³/mol. The summed E-state index contributed by atoms with van der Waals surface area (Å²) < 4.78 is 0. The van der Waals surface area contributed by atoms with Gasteiger partial charge < -0.3 is 15.0 Å². The molecular formula is C12H19N3O2. The molecule has 17 heavy (non-hydrogen) atoms. The van der Waals surface area contributed by atoms with E-state index < -0.39 is 5.97 Å². The van der Waals surface area contributed by atoms with Crippen LogP contribution in [-0.4, -0.2) is 58.6 Å². The van der Waals surface area contributed by atoms with Gasteiger partial charge in [0.05, 0.1) is 6.42 Å². The molecule has 94 valence electrons. The van der Waals surface area contributed by atoms with Crippen molar-refractivity contribution in [1.82, 2.24) is 14.8 Å². The number of rotatable bonds is 5. The highest BCUT2D eigenvalue weighted by molar-refractivity contribution is 5.66. The first-order valence-corrected chi connectivity index (χ1v) is 6.02. The first-order chi connectivity index (χ1) is 8.24. The van der Waals surface area contributed by atoms with Crippen LogP contribution in [0.2, 0.25) is 0 Å². The van der Waals surface area contributed by atoms with Gasteiger partial charge in [0, 0.05) is 51.7 Å². The molecule has 5 nitrogen and oxygen atoms in total. The minimum Gasteiger partial charge on any atom is -0.481 e. The average Bonchev–Trinajstić information content (AvgIpc) is 2.81. The van der Waals surface area contributed by atoms with Crippen molar-refractivity contribution in [2.75, 3.05) is 32.7 Å². The number of carboxylic acid groups (broad SMARTS) is 1. The van der Waals surface area contributed by atoms with Crippen LogP contribution in [0.3, 0.4) is 0 Å². The summed E-state index contributed by atoms with van der Waals surface area (Å²) in [5.41, 5.74) is 1.31. The van der Waals surface area contributed by atoms with Crippen molar-refractivity contribution in [3.8, 4) is 0 Å². The van der Waals surface area contributed by atoms with E-state index in [0.29, 0.717) is 6.54 Å². The van der Waals surface area contributed by atoms with Gasteiger partial charge in [0.15, 0.2) is 0 Å². The maximum Gasteiger partial charge on any atom is 0.304 e. The lowest BCUT2D eigenvalue weighted by Crippen LogP contribution is -2.46. The summed E-state index contributed by atoms with van der Waals surface area (Å²) in [4.78, 5) is 18.2. The van der Waals surface area contributed by atoms with Gasteiger partial charge in [0.25, 0.3) is 0 Å². The smallest absolute Gasteiger partial charge is 0.304 e. The first kappa shape index (κ1) is 12.1. The highest BCUT2D eigenvalue weighted by Gasteiger charge is 2.17. The Morgan fingerprint density at radius 3 is 2.59 bits per heavy atom. The van der Waals surface area contributed by atoms with Crippen LogP contribution in [-0.2, 0) is 11.3 Å². The number of hydrogen-bond acceptors (Lipinski definition) is 3. The molecule has 1 aromatic rings. The van der Waals surface area contributed by atoms with Gasteiger partial charge in [-0.3, -0.25) is 9.69 Å². The number of carboxylic acids is 1. The fourth-order valence-electron chi connectivity index (χ4n) is 2.14. The van der Waals surface area contributed by atoms with Crippen molar-refractivity contribution in [2.24, 2.45) is 0 Å². The van der Waals surface area contributed by atoms with Crippen LogP contribution in [0.15, 0.2) is 18.5 Å². The molecule has 1 aliphatic heterocycles. The topological polar surface area (TPSA) is 59.6 Å². The molecule has 0 radical (unpaired) electrons. The van der Waals surface area contributed by atoms with Crippen molar-refractivity contribution in [1.29, 1.82) is 0 Å². The normalized spacial score (nSPS) is 18.4. The maximum absolute atomic E-state index is 10.5. The lowest BCUT2D eigenvalue weighted by molar-refractivity contribution is -0.137. The molecule has 2 rings (SSSR count). The molecule has 0 aromatic carbocycles. The number of aliphatic carboxylic acids is 1. The molecule has 1 aliphatic rings. The molecule has 1 fully saturated rings. The molecule has 1 saturated heterocycles. The highest BCUT2D eigenvalue weighted by Crippen LogP contribution is 2.07. The van der Waals surface area contributed by atoms with Gasteiger partial charge in [0.2, 0.25) is 0 Å². The van der Waals surface area contributed by atoms with Crippen LogP contribution in [0, 0.1) is 0 Å². The summed E-state index contributed by atoms with van der Waals surface area (Å²) in [6.07, 6.45) is 4.22. The van der Waals surface area contributed by atoms with Gasteiger partial charge in [-0.2, -0.15) is 0 Å². The first-order valence-electron chi connectivity index (χ1n) is 6.02. The van der Waals surface area contributed by atoms with Crippen LogP contribution in [0.4, 0.5) is 0 Å². The number of carbonyl (C=O) groups is 1. The summed E-state index contributed by atoms with van der Waals surface area (Å²) in [6.45, 7) is 5.63. The zero-order chi connectivity index (χ0) is 12.1. The Labute approximate surface area is 101 Å². The molecular weight excluding hydrogens is 218 g/mol. The van der Waals surface area contributed by atoms with E-state index in [9.17, 15) is 4.79 Å². The molecule has 0 unspecified atom stereocenters. The van der Waals surface area contributed by atoms with E-state index in [4.69, 9.17) is 5.11 Å². The second kappa shape index (κ2) is 5.84. The van der Waals surface area contributed by atoms with Crippen LogP contribution in [0.1, 0.15) is 12.0 Å². The zero-order valence-electron chi connectivity index (χ0n) is 9.93. The van der Waals surface area contributed by atoms with Gasteiger partial charge in [-0.05, 0) is 11.6 Å². The minimum absolute atomic E-state index is 0.248. The monoisotopic (exact) mass is 237 g/mol. The predicted octanol–water partition coefficient (Wildman–Crippen LogP) is 0.607. The van der Waals surface area contributed by atoms with Crippen LogP contribution < -0.4 is 0 Å². The molecule has 0 saturated carbocycles. The Morgan fingerprint density at radius 1 is 1.29 bits per heavy atom. The van der Waals surface area contributed by atoms with E-state index in [1.165, 1.54) is 5.56 Å². The molecule has 0 bridgehead atoms. The van der Waals surface area contributed by atoms with Crippen LogP contribution in [0.25, 0.3) is 0 Å². The standard InChI is InChI=1S/C12H19N3O2/c16-12(17)2-4-14-5-7-15(8-6-14)10-11-1-3-13-9-11/h1,3,9,13H,2,4-8,10H2,(H,16,17). The minimum atomic E-state index is -0.709. The SMILES string of the molecule is O=C(O)CCN1CCN(Cc2cc[nH]c2)CC1. The molecule has 5 heteroatoms. The Bertz CT molecular complexity index is 343. The van der Waals surface area contributed by atoms with E-state index in [1.807, 2.05) is 12.4 Å². The van der Waals surface area contributed by atoms with E-state index in [1.54, 1.807) is 0 Å². The fraction of sp³-hybridized carbons (Fsp3) is 0.583. The number of H-pyrrole nitrogens is 1. The number of hydrogen-bond donors (Lipinski definition) is 2. The summed E-state index contributed by atoms with van der Waals surface area (Å²) in [5.74, 6) is -0.709. The van der Waals surface area contributed by atoms with Crippen LogP contribution in [0.5, 0.6) is 0 Å². The molecule has 2 N–H and O–H groups in total. The molecule has 2 heterocycles. The summed E-state index contributed by atoms with van der Waals surface area (Å²) in [7, 11) is 0. The van der Waals surface area contributed by atoms with Gasteiger partial charge in [-0.15, -0.1) is 0 Å². The van der Waals surface area contributed by atoms with Gasteiger partial charge in [-0.1, -0.05) is 0 Å². The van der Waals surface area contributed by atoms with Crippen molar-refractivity contribution in [2.45, 2.75) is 13.0 Å². The Kier molecular flexibility index (Phi) is 4.17. The van der Waals surface area contributed by atoms with Gasteiger partial charge >= 0.3 is 5.97 Å². The highest BCUT2D eigenvalue weighted by atomic mass is 16.4. The van der Waals surface area contributed by atoms with Gasteiger partial charge in [-0.25, -0.2) is 0 Å². The van der Waals surface area contributed by atoms with E-state index >= 15 is 0 Å². The maximum atomic E-state index is 10.5. The lowest BCUT2D eigenvalue weighted by Gasteiger charge is -2.34. The fourth-order valence-corrected chi connectivity index (χ4v) is 2.14. The van der Waals surface area contributed by atoms with Crippen molar-refractivity contribution in [3.63, 3.8) is 0 Å². The Balaban J connectivity index is 1.69. The third-order valence-electron chi connectivity index (χ3n) is 3.18. The molecule has 0 amide bonds. The van der Waals surface area contributed by atoms with Gasteiger partial charge in [0.1, 0.15) is 0 Å². The third kappa shape index (κ3) is 3.87. The molecule has 0 aliphatic carbocycles. The van der Waals surface area contributed by atoms with Crippen molar-refractivity contribution in [3.05, 3.63) is 24.0 Å². The summed E-state index contributed by atoms with van der Waals surface area (Å²) >= 11 is 0. The van der Waals surface area contributed by atoms with E-state index in [0.717, 1.165) is 32.7 Å². The number of nitrogens with one attached hydrogen (secondary N) is 1.